The number of carbonyl (C=O) groups excluding carboxylic acids is 2. The SMILES string of the molecule is CCOc1cc(C(=O)CCCCl)ccc1NC(=O)C(CC)CC. The van der Waals surface area contributed by atoms with Crippen LogP contribution in [-0.4, -0.2) is 24.2 Å². The first-order valence-corrected chi connectivity index (χ1v) is 8.77. The maximum atomic E-state index is 12.2. The van der Waals surface area contributed by atoms with E-state index in [1.807, 2.05) is 20.8 Å². The highest BCUT2D eigenvalue weighted by Gasteiger charge is 2.17. The van der Waals surface area contributed by atoms with Gasteiger partial charge in [-0.2, -0.15) is 0 Å². The quantitative estimate of drug-likeness (QED) is 0.498. The molecule has 1 rings (SSSR count). The van der Waals surface area contributed by atoms with Gasteiger partial charge in [0.1, 0.15) is 5.75 Å². The van der Waals surface area contributed by atoms with Crippen LogP contribution in [0.25, 0.3) is 0 Å². The number of Topliss-reactive ketones (excluding diaryl/α,β-unsaturated/α-hetero) is 1. The Hall–Kier alpha value is -1.55. The van der Waals surface area contributed by atoms with E-state index in [-0.39, 0.29) is 17.6 Å². The van der Waals surface area contributed by atoms with Crippen molar-refractivity contribution >= 4 is 29.0 Å². The van der Waals surface area contributed by atoms with E-state index in [1.165, 1.54) is 0 Å². The van der Waals surface area contributed by atoms with Gasteiger partial charge in [0.25, 0.3) is 0 Å². The van der Waals surface area contributed by atoms with Crippen LogP contribution < -0.4 is 10.1 Å². The van der Waals surface area contributed by atoms with E-state index < -0.39 is 0 Å². The number of ketones is 1. The third-order valence-corrected chi connectivity index (χ3v) is 4.02. The minimum absolute atomic E-state index is 0.0165. The molecule has 1 aromatic carbocycles. The van der Waals surface area contributed by atoms with Gasteiger partial charge < -0.3 is 10.1 Å². The third-order valence-electron chi connectivity index (χ3n) is 3.76. The van der Waals surface area contributed by atoms with Gasteiger partial charge in [-0.3, -0.25) is 9.59 Å². The Labute approximate surface area is 143 Å². The van der Waals surface area contributed by atoms with Crippen molar-refractivity contribution in [3.05, 3.63) is 23.8 Å². The van der Waals surface area contributed by atoms with Gasteiger partial charge in [0, 0.05) is 23.8 Å². The van der Waals surface area contributed by atoms with Crippen LogP contribution in [0.4, 0.5) is 5.69 Å². The molecule has 0 heterocycles. The monoisotopic (exact) mass is 339 g/mol. The molecule has 23 heavy (non-hydrogen) atoms. The summed E-state index contributed by atoms with van der Waals surface area (Å²) in [6.45, 7) is 6.33. The van der Waals surface area contributed by atoms with Gasteiger partial charge in [0.15, 0.2) is 5.78 Å². The standard InChI is InChI=1S/C18H26ClNO3/c1-4-13(5-2)18(22)20-15-10-9-14(12-17(15)23-6-3)16(21)8-7-11-19/h9-10,12-13H,4-8,11H2,1-3H3,(H,20,22). The van der Waals surface area contributed by atoms with Crippen molar-refractivity contribution in [3.8, 4) is 5.75 Å². The second-order valence-electron chi connectivity index (χ2n) is 5.36. The zero-order valence-corrected chi connectivity index (χ0v) is 14.9. The van der Waals surface area contributed by atoms with Gasteiger partial charge in [-0.05, 0) is 44.4 Å². The van der Waals surface area contributed by atoms with Gasteiger partial charge in [-0.1, -0.05) is 13.8 Å². The second-order valence-corrected chi connectivity index (χ2v) is 5.74. The van der Waals surface area contributed by atoms with Crippen LogP contribution in [0.3, 0.4) is 0 Å². The molecule has 0 spiro atoms. The Kier molecular flexibility index (Phi) is 8.70. The molecule has 0 aliphatic rings. The van der Waals surface area contributed by atoms with Gasteiger partial charge in [-0.25, -0.2) is 0 Å². The summed E-state index contributed by atoms with van der Waals surface area (Å²) in [6, 6.07) is 5.16. The first kappa shape index (κ1) is 19.5. The average Bonchev–Trinajstić information content (AvgIpc) is 2.55. The number of benzene rings is 1. The highest BCUT2D eigenvalue weighted by molar-refractivity contribution is 6.18. The van der Waals surface area contributed by atoms with Crippen molar-refractivity contribution in [1.29, 1.82) is 0 Å². The number of hydrogen-bond donors (Lipinski definition) is 1. The zero-order chi connectivity index (χ0) is 17.2. The number of anilines is 1. The van der Waals surface area contributed by atoms with E-state index >= 15 is 0 Å². The topological polar surface area (TPSA) is 55.4 Å². The smallest absolute Gasteiger partial charge is 0.227 e. The van der Waals surface area contributed by atoms with E-state index in [0.717, 1.165) is 12.8 Å². The lowest BCUT2D eigenvalue weighted by atomic mass is 10.0. The largest absolute Gasteiger partial charge is 0.492 e. The van der Waals surface area contributed by atoms with Crippen LogP contribution >= 0.6 is 11.6 Å². The minimum Gasteiger partial charge on any atom is -0.492 e. The lowest BCUT2D eigenvalue weighted by molar-refractivity contribution is -0.120. The highest BCUT2D eigenvalue weighted by Crippen LogP contribution is 2.28. The van der Waals surface area contributed by atoms with E-state index in [1.54, 1.807) is 18.2 Å². The molecular formula is C18H26ClNO3. The fourth-order valence-corrected chi connectivity index (χ4v) is 2.47. The van der Waals surface area contributed by atoms with Crippen molar-refractivity contribution in [2.45, 2.75) is 46.5 Å². The second kappa shape index (κ2) is 10.3. The van der Waals surface area contributed by atoms with Crippen molar-refractivity contribution < 1.29 is 14.3 Å². The van der Waals surface area contributed by atoms with E-state index in [9.17, 15) is 9.59 Å². The fraction of sp³-hybridized carbons (Fsp3) is 0.556. The Bertz CT molecular complexity index is 527. The number of hydrogen-bond acceptors (Lipinski definition) is 3. The maximum Gasteiger partial charge on any atom is 0.227 e. The molecular weight excluding hydrogens is 314 g/mol. The van der Waals surface area contributed by atoms with E-state index in [2.05, 4.69) is 5.32 Å². The van der Waals surface area contributed by atoms with Crippen LogP contribution in [-0.2, 0) is 4.79 Å². The summed E-state index contributed by atoms with van der Waals surface area (Å²) in [5.74, 6) is 0.993. The van der Waals surface area contributed by atoms with E-state index in [4.69, 9.17) is 16.3 Å². The van der Waals surface area contributed by atoms with Gasteiger partial charge in [0.05, 0.1) is 12.3 Å². The highest BCUT2D eigenvalue weighted by atomic mass is 35.5. The molecule has 0 saturated heterocycles. The van der Waals surface area contributed by atoms with Crippen LogP contribution in [0, 0.1) is 5.92 Å². The third kappa shape index (κ3) is 5.87. The molecule has 0 aliphatic carbocycles. The molecule has 0 saturated carbocycles. The lowest BCUT2D eigenvalue weighted by Crippen LogP contribution is -2.22. The Morgan fingerprint density at radius 3 is 2.48 bits per heavy atom. The van der Waals surface area contributed by atoms with E-state index in [0.29, 0.717) is 42.3 Å². The maximum absolute atomic E-state index is 12.2. The molecule has 0 fully saturated rings. The number of alkyl halides is 1. The number of carbonyl (C=O) groups is 2. The Morgan fingerprint density at radius 1 is 1.22 bits per heavy atom. The summed E-state index contributed by atoms with van der Waals surface area (Å²) in [5, 5.41) is 2.91. The molecule has 0 radical (unpaired) electrons. The summed E-state index contributed by atoms with van der Waals surface area (Å²) < 4.78 is 5.59. The van der Waals surface area contributed by atoms with Crippen molar-refractivity contribution in [2.24, 2.45) is 5.92 Å². The summed E-state index contributed by atoms with van der Waals surface area (Å²) in [7, 11) is 0. The average molecular weight is 340 g/mol. The predicted molar refractivity (Wildman–Crippen MR) is 94.6 cm³/mol. The minimum atomic E-state index is -0.0190. The molecule has 0 aliphatic heterocycles. The van der Waals surface area contributed by atoms with Crippen LogP contribution in [0.5, 0.6) is 5.75 Å². The van der Waals surface area contributed by atoms with Gasteiger partial charge in [-0.15, -0.1) is 11.6 Å². The molecule has 0 aromatic heterocycles. The van der Waals surface area contributed by atoms with Crippen molar-refractivity contribution in [2.75, 3.05) is 17.8 Å². The number of ether oxygens (including phenoxy) is 1. The fourth-order valence-electron chi connectivity index (χ4n) is 2.34. The Morgan fingerprint density at radius 2 is 1.91 bits per heavy atom. The molecule has 0 bridgehead atoms. The molecule has 1 N–H and O–H groups in total. The van der Waals surface area contributed by atoms with Crippen LogP contribution in [0.15, 0.2) is 18.2 Å². The first-order chi connectivity index (χ1) is 11.1. The first-order valence-electron chi connectivity index (χ1n) is 8.24. The zero-order valence-electron chi connectivity index (χ0n) is 14.2. The normalized spacial score (nSPS) is 10.7. The van der Waals surface area contributed by atoms with Gasteiger partial charge in [0.2, 0.25) is 5.91 Å². The number of amides is 1. The molecule has 0 atom stereocenters. The number of nitrogens with one attached hydrogen (secondary N) is 1. The van der Waals surface area contributed by atoms with Crippen LogP contribution in [0.2, 0.25) is 0 Å². The molecule has 128 valence electrons. The molecule has 0 unspecified atom stereocenters. The number of halogens is 1. The predicted octanol–water partition coefficient (Wildman–Crippen LogP) is 4.66. The van der Waals surface area contributed by atoms with Crippen LogP contribution in [0.1, 0.15) is 56.8 Å². The molecule has 1 aromatic rings. The molecule has 1 amide bonds. The Balaban J connectivity index is 2.95. The number of rotatable bonds is 10. The molecule has 4 nitrogen and oxygen atoms in total. The van der Waals surface area contributed by atoms with Crippen molar-refractivity contribution in [3.63, 3.8) is 0 Å². The summed E-state index contributed by atoms with van der Waals surface area (Å²) >= 11 is 5.63. The van der Waals surface area contributed by atoms with Gasteiger partial charge >= 0.3 is 0 Å². The lowest BCUT2D eigenvalue weighted by Gasteiger charge is -2.16. The summed E-state index contributed by atoms with van der Waals surface area (Å²) in [4.78, 5) is 24.3. The molecule has 5 heteroatoms. The summed E-state index contributed by atoms with van der Waals surface area (Å²) in [5.41, 5.74) is 1.19. The summed E-state index contributed by atoms with van der Waals surface area (Å²) in [6.07, 6.45) is 2.65. The van der Waals surface area contributed by atoms with Crippen molar-refractivity contribution in [1.82, 2.24) is 0 Å².